The predicted molar refractivity (Wildman–Crippen MR) is 201 cm³/mol. The Hall–Kier alpha value is -5.94. The third kappa shape index (κ3) is 6.06. The summed E-state index contributed by atoms with van der Waals surface area (Å²) in [6.45, 7) is 0.862. The van der Waals surface area contributed by atoms with Crippen molar-refractivity contribution in [3.05, 3.63) is 155 Å². The number of benzene rings is 4. The highest BCUT2D eigenvalue weighted by atomic mass is 32.2. The summed E-state index contributed by atoms with van der Waals surface area (Å²) in [5.41, 5.74) is 5.54. The van der Waals surface area contributed by atoms with Gasteiger partial charge in [-0.25, -0.2) is 23.4 Å². The fraction of sp³-hybridized carbons (Fsp3) is 0.195. The second kappa shape index (κ2) is 14.0. The largest absolute Gasteiger partial charge is 0.481 e. The minimum Gasteiger partial charge on any atom is -0.481 e. The Balaban J connectivity index is 1.32. The number of methoxy groups -OCH3 is 1. The Labute approximate surface area is 303 Å². The minimum absolute atomic E-state index is 0.196. The van der Waals surface area contributed by atoms with E-state index in [1.165, 1.54) is 11.8 Å². The fourth-order valence-corrected chi connectivity index (χ4v) is 9.11. The topological polar surface area (TPSA) is 120 Å². The lowest BCUT2D eigenvalue weighted by Gasteiger charge is -2.33. The average Bonchev–Trinajstić information content (AvgIpc) is 3.83. The van der Waals surface area contributed by atoms with Gasteiger partial charge in [-0.3, -0.25) is 0 Å². The molecule has 10 nitrogen and oxygen atoms in total. The molecule has 0 bridgehead atoms. The molecular weight excluding hydrogens is 673 g/mol. The van der Waals surface area contributed by atoms with E-state index in [0.717, 1.165) is 59.1 Å². The molecular formula is C41H38N6O4S. The van der Waals surface area contributed by atoms with Crippen molar-refractivity contribution in [3.63, 3.8) is 0 Å². The summed E-state index contributed by atoms with van der Waals surface area (Å²) in [5.74, 6) is 0.778. The minimum atomic E-state index is -3.86. The summed E-state index contributed by atoms with van der Waals surface area (Å²) in [5, 5.41) is 7.64. The van der Waals surface area contributed by atoms with Crippen LogP contribution in [-0.4, -0.2) is 38.7 Å². The van der Waals surface area contributed by atoms with E-state index in [9.17, 15) is 4.79 Å². The van der Waals surface area contributed by atoms with Gasteiger partial charge in [0.1, 0.15) is 17.0 Å². The highest BCUT2D eigenvalue weighted by Gasteiger charge is 2.40. The predicted octanol–water partition coefficient (Wildman–Crippen LogP) is 7.78. The molecule has 2 aliphatic rings. The van der Waals surface area contributed by atoms with Crippen LogP contribution < -0.4 is 19.5 Å². The summed E-state index contributed by atoms with van der Waals surface area (Å²) < 4.78 is 37.3. The van der Waals surface area contributed by atoms with Gasteiger partial charge in [0.2, 0.25) is 11.8 Å². The third-order valence-electron chi connectivity index (χ3n) is 9.70. The molecule has 262 valence electrons. The van der Waals surface area contributed by atoms with Crippen molar-refractivity contribution in [3.8, 4) is 22.9 Å². The number of anilines is 1. The number of ether oxygens (including phenoxy) is 2. The lowest BCUT2D eigenvalue weighted by atomic mass is 9.78. The molecule has 2 amide bonds. The molecule has 1 unspecified atom stereocenters. The first-order valence-electron chi connectivity index (χ1n) is 17.4. The van der Waals surface area contributed by atoms with Gasteiger partial charge in [0.25, 0.3) is 0 Å². The molecule has 2 aromatic heterocycles. The molecule has 0 spiro atoms. The zero-order valence-corrected chi connectivity index (χ0v) is 29.5. The van der Waals surface area contributed by atoms with Crippen LogP contribution in [0, 0.1) is 0 Å². The summed E-state index contributed by atoms with van der Waals surface area (Å²) in [4.78, 5) is 19.0. The van der Waals surface area contributed by atoms with Crippen molar-refractivity contribution in [2.24, 2.45) is 4.36 Å². The van der Waals surface area contributed by atoms with Gasteiger partial charge in [0, 0.05) is 17.8 Å². The number of aromatic nitrogens is 3. The number of aryl methyl sites for hydroxylation is 1. The number of nitrogens with zero attached hydrogens (tertiary/aromatic N) is 4. The van der Waals surface area contributed by atoms with Crippen LogP contribution >= 0.6 is 0 Å². The quantitative estimate of drug-likeness (QED) is 0.148. The van der Waals surface area contributed by atoms with Crippen molar-refractivity contribution in [2.75, 3.05) is 19.0 Å². The number of carbonyl (C=O) groups is 1. The molecule has 0 saturated carbocycles. The molecule has 52 heavy (non-hydrogen) atoms. The molecule has 6 aromatic rings. The number of rotatable bonds is 9. The van der Waals surface area contributed by atoms with Crippen LogP contribution in [0.3, 0.4) is 0 Å². The molecule has 2 N–H and O–H groups in total. The SMILES string of the molecule is COc1cc(-c2ccc3c(c2NC(=O)NS(=O)(=NC(c2ccccc2)(c2ccccc2)c2ccccc2)c2cnn4c2OCC4)CCCC3)ccn1. The molecule has 0 fully saturated rings. The van der Waals surface area contributed by atoms with E-state index in [0.29, 0.717) is 30.6 Å². The van der Waals surface area contributed by atoms with Gasteiger partial charge in [-0.1, -0.05) is 103 Å². The Bertz CT molecular complexity index is 2260. The molecule has 11 heteroatoms. The molecule has 0 saturated heterocycles. The third-order valence-corrected chi connectivity index (χ3v) is 11.6. The second-order valence-corrected chi connectivity index (χ2v) is 14.7. The zero-order chi connectivity index (χ0) is 35.5. The molecule has 0 radical (unpaired) electrons. The maximum Gasteiger partial charge on any atom is 0.331 e. The zero-order valence-electron chi connectivity index (χ0n) is 28.7. The summed E-state index contributed by atoms with van der Waals surface area (Å²) in [6.07, 6.45) is 6.94. The van der Waals surface area contributed by atoms with Crippen molar-refractivity contribution in [1.29, 1.82) is 0 Å². The van der Waals surface area contributed by atoms with E-state index in [2.05, 4.69) is 26.2 Å². The molecule has 8 rings (SSSR count). The second-order valence-electron chi connectivity index (χ2n) is 12.8. The maximum absolute atomic E-state index is 16.0. The first kappa shape index (κ1) is 33.2. The van der Waals surface area contributed by atoms with E-state index in [1.807, 2.05) is 109 Å². The standard InChI is InChI=1S/C41H38N6O4S/c1-50-37-27-30(23-24-42-37)35-22-21-29-13-11-12-20-34(29)38(35)44-40(48)45-52(49,36-28-43-47-25-26-51-39(36)47)46-41(31-14-5-2-6-15-31,32-16-7-3-8-17-32)33-18-9-4-10-19-33/h2-10,14-19,21-24,27-28H,11-13,20,25-26H2,1H3,(H2,44,45,46,48,49). The highest BCUT2D eigenvalue weighted by molar-refractivity contribution is 7.92. The Morgan fingerprint density at radius 3 is 2.19 bits per heavy atom. The normalized spacial score (nSPS) is 14.6. The van der Waals surface area contributed by atoms with Gasteiger partial charge in [-0.15, -0.1) is 0 Å². The van der Waals surface area contributed by atoms with Crippen molar-refractivity contribution in [2.45, 2.75) is 42.7 Å². The van der Waals surface area contributed by atoms with Gasteiger partial charge < -0.3 is 14.8 Å². The maximum atomic E-state index is 16.0. The first-order valence-corrected chi connectivity index (χ1v) is 18.9. The van der Waals surface area contributed by atoms with Crippen LogP contribution in [0.2, 0.25) is 0 Å². The van der Waals surface area contributed by atoms with Gasteiger partial charge in [-0.2, -0.15) is 9.46 Å². The summed E-state index contributed by atoms with van der Waals surface area (Å²) in [6, 6.07) is 36.4. The number of fused-ring (bicyclic) bond motifs is 2. The number of hydrogen-bond acceptors (Lipinski definition) is 7. The van der Waals surface area contributed by atoms with Crippen LogP contribution in [0.15, 0.2) is 137 Å². The number of amides is 2. The molecule has 1 aliphatic carbocycles. The van der Waals surface area contributed by atoms with Gasteiger partial charge in [-0.05, 0) is 65.1 Å². The Morgan fingerprint density at radius 2 is 1.54 bits per heavy atom. The van der Waals surface area contributed by atoms with Gasteiger partial charge >= 0.3 is 6.03 Å². The number of hydrogen-bond donors (Lipinski definition) is 2. The van der Waals surface area contributed by atoms with Gasteiger partial charge in [0.05, 0.1) is 25.5 Å². The summed E-state index contributed by atoms with van der Waals surface area (Å²) in [7, 11) is -2.28. The Morgan fingerprint density at radius 1 is 0.885 bits per heavy atom. The van der Waals surface area contributed by atoms with Crippen molar-refractivity contribution < 1.29 is 18.5 Å². The fourth-order valence-electron chi connectivity index (χ4n) is 7.26. The van der Waals surface area contributed by atoms with E-state index in [-0.39, 0.29) is 4.90 Å². The number of pyridine rings is 1. The lowest BCUT2D eigenvalue weighted by molar-refractivity contribution is 0.256. The average molecular weight is 711 g/mol. The van der Waals surface area contributed by atoms with Crippen LogP contribution in [-0.2, 0) is 34.8 Å². The summed E-state index contributed by atoms with van der Waals surface area (Å²) >= 11 is 0. The monoisotopic (exact) mass is 710 g/mol. The van der Waals surface area contributed by atoms with Crippen LogP contribution in [0.25, 0.3) is 11.1 Å². The first-order chi connectivity index (χ1) is 25.5. The molecule has 3 heterocycles. The number of carbonyl (C=O) groups excluding carboxylic acids is 1. The number of nitrogens with one attached hydrogen (secondary N) is 2. The van der Waals surface area contributed by atoms with E-state index >= 15 is 4.21 Å². The van der Waals surface area contributed by atoms with Gasteiger partial charge in [0.15, 0.2) is 9.92 Å². The molecule has 1 atom stereocenters. The van der Waals surface area contributed by atoms with Crippen LogP contribution in [0.4, 0.5) is 10.5 Å². The highest BCUT2D eigenvalue weighted by Crippen LogP contribution is 2.44. The van der Waals surface area contributed by atoms with E-state index in [4.69, 9.17) is 13.8 Å². The van der Waals surface area contributed by atoms with Crippen molar-refractivity contribution >= 4 is 21.6 Å². The lowest BCUT2D eigenvalue weighted by Crippen LogP contribution is -2.38. The molecule has 1 aliphatic heterocycles. The number of urea groups is 1. The van der Waals surface area contributed by atoms with E-state index in [1.54, 1.807) is 18.0 Å². The van der Waals surface area contributed by atoms with Crippen LogP contribution in [0.5, 0.6) is 11.8 Å². The Kier molecular flexibility index (Phi) is 8.94. The molecule has 4 aromatic carbocycles. The van der Waals surface area contributed by atoms with Crippen LogP contribution in [0.1, 0.15) is 40.7 Å². The smallest absolute Gasteiger partial charge is 0.331 e. The van der Waals surface area contributed by atoms with E-state index < -0.39 is 21.5 Å². The van der Waals surface area contributed by atoms with Crippen molar-refractivity contribution in [1.82, 2.24) is 19.5 Å².